The topological polar surface area (TPSA) is 83.9 Å². The van der Waals surface area contributed by atoms with Gasteiger partial charge in [-0.25, -0.2) is 12.8 Å². The van der Waals surface area contributed by atoms with Crippen molar-refractivity contribution in [2.45, 2.75) is 33.8 Å². The van der Waals surface area contributed by atoms with Crippen molar-refractivity contribution in [2.24, 2.45) is 0 Å². The molecule has 4 rings (SSSR count). The van der Waals surface area contributed by atoms with E-state index in [1.165, 1.54) is 40.7 Å². The van der Waals surface area contributed by atoms with Gasteiger partial charge < -0.3 is 14.6 Å². The number of thiophene rings is 1. The van der Waals surface area contributed by atoms with Gasteiger partial charge in [0.05, 0.1) is 6.04 Å². The van der Waals surface area contributed by atoms with E-state index in [4.69, 9.17) is 0 Å². The lowest BCUT2D eigenvalue weighted by Crippen LogP contribution is -2.57. The van der Waals surface area contributed by atoms with Gasteiger partial charge in [0.15, 0.2) is 10.5 Å². The molecule has 0 amide bonds. The summed E-state index contributed by atoms with van der Waals surface area (Å²) in [5.74, 6) is -0.595. The number of nitrogens with zero attached hydrogens (tertiary/aromatic N) is 2. The van der Waals surface area contributed by atoms with E-state index in [9.17, 15) is 35.6 Å². The Hall–Kier alpha value is -2.16. The Bertz CT molecular complexity index is 1320. The quantitative estimate of drug-likeness (QED) is 0.334. The highest BCUT2D eigenvalue weighted by Gasteiger charge is 2.51. The second-order valence-corrected chi connectivity index (χ2v) is 13.3. The summed E-state index contributed by atoms with van der Waals surface area (Å²) in [6.07, 6.45) is -4.87. The zero-order chi connectivity index (χ0) is 27.0. The number of alkyl halides is 3. The standard InChI is InChI=1S/C24H24F4N2O4S3/c1-23(31,24(26,27)28)17-7-9-19(10-8-17)30-12-11-29(37(33,34)22-6-3-13-35-22)15-20(30)16-36(32)21-5-2-4-18(25)14-21/h2-10,13-14,20,31H,11-12,15-16H2,1H3/t20-,23-,36+/m1/s1. The molecule has 2 aromatic carbocycles. The van der Waals surface area contributed by atoms with Gasteiger partial charge in [-0.1, -0.05) is 24.3 Å². The highest BCUT2D eigenvalue weighted by molar-refractivity contribution is 7.91. The molecule has 0 unspecified atom stereocenters. The monoisotopic (exact) mass is 576 g/mol. The van der Waals surface area contributed by atoms with Crippen LogP contribution in [0.1, 0.15) is 12.5 Å². The molecule has 1 fully saturated rings. The molecule has 1 aliphatic rings. The van der Waals surface area contributed by atoms with Gasteiger partial charge in [0.25, 0.3) is 10.0 Å². The van der Waals surface area contributed by atoms with Crippen molar-refractivity contribution in [3.8, 4) is 0 Å². The van der Waals surface area contributed by atoms with Gasteiger partial charge in [-0.05, 0) is 59.4 Å². The Balaban J connectivity index is 1.63. The van der Waals surface area contributed by atoms with Gasteiger partial charge >= 0.3 is 6.18 Å². The van der Waals surface area contributed by atoms with Crippen molar-refractivity contribution in [3.05, 3.63) is 77.4 Å². The number of halogens is 4. The summed E-state index contributed by atoms with van der Waals surface area (Å²) >= 11 is -0.604. The number of hydrogen-bond acceptors (Lipinski definition) is 6. The molecule has 0 bridgehead atoms. The molecule has 1 N–H and O–H groups in total. The third-order valence-corrected chi connectivity index (χ3v) is 11.0. The van der Waals surface area contributed by atoms with E-state index in [0.29, 0.717) is 12.6 Å². The normalized spacial score (nSPS) is 20.0. The number of hydrogen-bond donors (Lipinski definition) is 1. The van der Waals surface area contributed by atoms with E-state index in [0.717, 1.165) is 29.5 Å². The van der Waals surface area contributed by atoms with E-state index in [1.807, 2.05) is 0 Å². The Kier molecular flexibility index (Phi) is 7.94. The van der Waals surface area contributed by atoms with E-state index < -0.39 is 44.8 Å². The third kappa shape index (κ3) is 5.81. The van der Waals surface area contributed by atoms with E-state index in [1.54, 1.807) is 16.3 Å². The summed E-state index contributed by atoms with van der Waals surface area (Å²) in [7, 11) is -3.80. The highest BCUT2D eigenvalue weighted by Crippen LogP contribution is 2.39. The van der Waals surface area contributed by atoms with Crippen LogP contribution < -0.4 is 4.90 Å². The van der Waals surface area contributed by atoms with Crippen molar-refractivity contribution in [2.75, 3.05) is 30.3 Å². The third-order valence-electron chi connectivity index (χ3n) is 6.25. The molecule has 1 aliphatic heterocycles. The van der Waals surface area contributed by atoms with Crippen LogP contribution in [0.5, 0.6) is 0 Å². The highest BCUT2D eigenvalue weighted by atomic mass is 32.2. The summed E-state index contributed by atoms with van der Waals surface area (Å²) in [6.45, 7) is 0.931. The van der Waals surface area contributed by atoms with Crippen molar-refractivity contribution >= 4 is 38.2 Å². The smallest absolute Gasteiger partial charge is 0.421 e. The Morgan fingerprint density at radius 2 is 1.81 bits per heavy atom. The minimum atomic E-state index is -4.87. The van der Waals surface area contributed by atoms with Crippen LogP contribution in [0.2, 0.25) is 0 Å². The maximum Gasteiger partial charge on any atom is 0.421 e. The van der Waals surface area contributed by atoms with Crippen LogP contribution in [-0.2, 0) is 26.8 Å². The van der Waals surface area contributed by atoms with Crippen LogP contribution in [0.3, 0.4) is 0 Å². The maximum absolute atomic E-state index is 13.7. The predicted octanol–water partition coefficient (Wildman–Crippen LogP) is 4.34. The first-order valence-electron chi connectivity index (χ1n) is 11.1. The van der Waals surface area contributed by atoms with Crippen LogP contribution in [0.4, 0.5) is 23.2 Å². The minimum Gasteiger partial charge on any atom is -0.611 e. The molecule has 1 aromatic heterocycles. The molecule has 0 aliphatic carbocycles. The van der Waals surface area contributed by atoms with E-state index >= 15 is 0 Å². The second kappa shape index (κ2) is 10.5. The lowest BCUT2D eigenvalue weighted by Gasteiger charge is -2.41. The van der Waals surface area contributed by atoms with Crippen LogP contribution in [0.15, 0.2) is 75.1 Å². The Morgan fingerprint density at radius 1 is 1.11 bits per heavy atom. The van der Waals surface area contributed by atoms with Crippen LogP contribution >= 0.6 is 11.3 Å². The average Bonchev–Trinajstić information content (AvgIpc) is 3.39. The maximum atomic E-state index is 13.7. The molecule has 6 nitrogen and oxygen atoms in total. The molecule has 37 heavy (non-hydrogen) atoms. The average molecular weight is 577 g/mol. The fourth-order valence-electron chi connectivity index (χ4n) is 4.09. The molecular weight excluding hydrogens is 552 g/mol. The SMILES string of the molecule is C[C@@](O)(c1ccc(N2CCN(S(=O)(=O)c3cccs3)C[C@@H]2C[S@+]([O-])c2cccc(F)c2)cc1)C(F)(F)F. The molecule has 0 spiro atoms. The van der Waals surface area contributed by atoms with Crippen LogP contribution in [0, 0.1) is 5.82 Å². The number of rotatable bonds is 7. The number of aliphatic hydroxyl groups is 1. The summed E-state index contributed by atoms with van der Waals surface area (Å²) in [6, 6.07) is 13.0. The molecular formula is C24H24F4N2O4S3. The van der Waals surface area contributed by atoms with Gasteiger partial charge in [0, 0.05) is 31.4 Å². The summed E-state index contributed by atoms with van der Waals surface area (Å²) in [5, 5.41) is 11.6. The molecule has 3 aromatic rings. The molecule has 13 heteroatoms. The second-order valence-electron chi connectivity index (χ2n) is 8.73. The fraction of sp³-hybridized carbons (Fsp3) is 0.333. The molecule has 3 atom stereocenters. The summed E-state index contributed by atoms with van der Waals surface area (Å²) in [5.41, 5.74) is -2.91. The largest absolute Gasteiger partial charge is 0.611 e. The van der Waals surface area contributed by atoms with Gasteiger partial charge in [-0.15, -0.1) is 11.3 Å². The zero-order valence-corrected chi connectivity index (χ0v) is 22.0. The number of piperazine rings is 1. The lowest BCUT2D eigenvalue weighted by molar-refractivity contribution is -0.258. The molecule has 0 saturated carbocycles. The van der Waals surface area contributed by atoms with Crippen molar-refractivity contribution in [1.82, 2.24) is 4.31 Å². The van der Waals surface area contributed by atoms with Gasteiger partial charge in [-0.3, -0.25) is 0 Å². The summed E-state index contributed by atoms with van der Waals surface area (Å²) in [4.78, 5) is 2.03. The number of anilines is 1. The summed E-state index contributed by atoms with van der Waals surface area (Å²) < 4.78 is 94.4. The number of sulfonamides is 1. The van der Waals surface area contributed by atoms with Gasteiger partial charge in [-0.2, -0.15) is 17.5 Å². The van der Waals surface area contributed by atoms with Gasteiger partial charge in [0.1, 0.15) is 15.8 Å². The Labute approximate surface area is 219 Å². The molecule has 200 valence electrons. The van der Waals surface area contributed by atoms with E-state index in [-0.39, 0.29) is 40.1 Å². The molecule has 1 saturated heterocycles. The molecule has 0 radical (unpaired) electrons. The van der Waals surface area contributed by atoms with Crippen molar-refractivity contribution in [3.63, 3.8) is 0 Å². The number of benzene rings is 2. The van der Waals surface area contributed by atoms with Crippen LogP contribution in [0.25, 0.3) is 0 Å². The Morgan fingerprint density at radius 3 is 2.41 bits per heavy atom. The minimum absolute atomic E-state index is 0.0245. The zero-order valence-electron chi connectivity index (χ0n) is 19.6. The fourth-order valence-corrected chi connectivity index (χ4v) is 8.00. The predicted molar refractivity (Wildman–Crippen MR) is 134 cm³/mol. The first kappa shape index (κ1) is 27.9. The molecule has 2 heterocycles. The first-order chi connectivity index (χ1) is 17.3. The lowest BCUT2D eigenvalue weighted by atomic mass is 9.95. The first-order valence-corrected chi connectivity index (χ1v) is 14.8. The van der Waals surface area contributed by atoms with Crippen molar-refractivity contribution in [1.29, 1.82) is 0 Å². The van der Waals surface area contributed by atoms with Crippen molar-refractivity contribution < 1.29 is 35.6 Å². The van der Waals surface area contributed by atoms with Crippen LogP contribution in [-0.4, -0.2) is 60.0 Å². The van der Waals surface area contributed by atoms with Gasteiger partial charge in [0.2, 0.25) is 0 Å². The van der Waals surface area contributed by atoms with E-state index in [2.05, 4.69) is 0 Å².